The SMILES string of the molecule is C=C(/N=C\N=C\OC(CC)C1=CC=CCC1)c1c(N)nn2c1NCC=C2. The van der Waals surface area contributed by atoms with Crippen LogP contribution in [0.25, 0.3) is 11.9 Å². The molecule has 1 aliphatic carbocycles. The highest BCUT2D eigenvalue weighted by Gasteiger charge is 2.18. The van der Waals surface area contributed by atoms with Crippen LogP contribution < -0.4 is 11.1 Å². The van der Waals surface area contributed by atoms with Crippen molar-refractivity contribution in [1.82, 2.24) is 9.78 Å². The van der Waals surface area contributed by atoms with Crippen LogP contribution in [0, 0.1) is 0 Å². The molecule has 1 atom stereocenters. The van der Waals surface area contributed by atoms with Gasteiger partial charge in [-0.05, 0) is 30.9 Å². The third-order valence-corrected chi connectivity index (χ3v) is 4.26. The van der Waals surface area contributed by atoms with E-state index in [1.165, 1.54) is 18.3 Å². The zero-order valence-corrected chi connectivity index (χ0v) is 14.9. The van der Waals surface area contributed by atoms with E-state index in [1.807, 2.05) is 12.3 Å². The quantitative estimate of drug-likeness (QED) is 0.581. The van der Waals surface area contributed by atoms with E-state index in [-0.39, 0.29) is 6.10 Å². The summed E-state index contributed by atoms with van der Waals surface area (Å²) in [5, 5.41) is 7.46. The molecule has 1 aromatic heterocycles. The summed E-state index contributed by atoms with van der Waals surface area (Å²) in [6.45, 7) is 6.77. The van der Waals surface area contributed by atoms with Crippen molar-refractivity contribution in [3.8, 4) is 0 Å². The molecule has 0 saturated carbocycles. The van der Waals surface area contributed by atoms with Gasteiger partial charge in [0.2, 0.25) is 0 Å². The highest BCUT2D eigenvalue weighted by atomic mass is 16.5. The van der Waals surface area contributed by atoms with Crippen LogP contribution in [-0.4, -0.2) is 35.2 Å². The third-order valence-electron chi connectivity index (χ3n) is 4.26. The van der Waals surface area contributed by atoms with E-state index in [2.05, 4.69) is 52.1 Å². The van der Waals surface area contributed by atoms with Gasteiger partial charge in [-0.15, -0.1) is 5.10 Å². The summed E-state index contributed by atoms with van der Waals surface area (Å²) < 4.78 is 7.42. The second kappa shape index (κ2) is 8.33. The Kier molecular flexibility index (Phi) is 5.68. The van der Waals surface area contributed by atoms with Crippen molar-refractivity contribution in [3.63, 3.8) is 0 Å². The summed E-state index contributed by atoms with van der Waals surface area (Å²) in [5.41, 5.74) is 8.45. The number of anilines is 2. The third kappa shape index (κ3) is 3.93. The number of nitrogens with zero attached hydrogens (tertiary/aromatic N) is 4. The van der Waals surface area contributed by atoms with Crippen molar-refractivity contribution in [3.05, 3.63) is 42.0 Å². The lowest BCUT2D eigenvalue weighted by atomic mass is 9.98. The topological polar surface area (TPSA) is 89.8 Å². The molecule has 7 nitrogen and oxygen atoms in total. The number of hydrogen-bond donors (Lipinski definition) is 2. The van der Waals surface area contributed by atoms with Gasteiger partial charge in [-0.3, -0.25) is 0 Å². The van der Waals surface area contributed by atoms with Gasteiger partial charge in [0.25, 0.3) is 0 Å². The van der Waals surface area contributed by atoms with Crippen LogP contribution in [0.2, 0.25) is 0 Å². The molecule has 0 spiro atoms. The van der Waals surface area contributed by atoms with Crippen LogP contribution in [0.5, 0.6) is 0 Å². The molecule has 1 unspecified atom stereocenters. The summed E-state index contributed by atoms with van der Waals surface area (Å²) >= 11 is 0. The van der Waals surface area contributed by atoms with Crippen LogP contribution in [-0.2, 0) is 4.74 Å². The molecule has 1 aromatic rings. The Morgan fingerprint density at radius 3 is 3.19 bits per heavy atom. The molecule has 0 fully saturated rings. The van der Waals surface area contributed by atoms with E-state index in [1.54, 1.807) is 4.68 Å². The van der Waals surface area contributed by atoms with Crippen molar-refractivity contribution in [2.24, 2.45) is 9.98 Å². The fourth-order valence-corrected chi connectivity index (χ4v) is 2.96. The van der Waals surface area contributed by atoms with Crippen molar-refractivity contribution in [1.29, 1.82) is 0 Å². The number of rotatable bonds is 7. The predicted octanol–water partition coefficient (Wildman–Crippen LogP) is 3.46. The van der Waals surface area contributed by atoms with Gasteiger partial charge in [0, 0.05) is 12.7 Å². The molecule has 0 aromatic carbocycles. The number of nitrogens with two attached hydrogens (primary N) is 1. The summed E-state index contributed by atoms with van der Waals surface area (Å²) in [4.78, 5) is 8.35. The number of allylic oxidation sites excluding steroid dienone is 3. The first-order valence-electron chi connectivity index (χ1n) is 8.73. The minimum atomic E-state index is 0.0506. The Balaban J connectivity index is 1.60. The average molecular weight is 352 g/mol. The summed E-state index contributed by atoms with van der Waals surface area (Å²) in [7, 11) is 0. The Bertz CT molecular complexity index is 812. The first-order chi connectivity index (χ1) is 12.7. The van der Waals surface area contributed by atoms with E-state index in [9.17, 15) is 0 Å². The molecule has 2 heterocycles. The Labute approximate surface area is 153 Å². The minimum Gasteiger partial charge on any atom is -0.476 e. The molecule has 0 saturated heterocycles. The second-order valence-electron chi connectivity index (χ2n) is 6.01. The molecule has 136 valence electrons. The Hall–Kier alpha value is -3.09. The highest BCUT2D eigenvalue weighted by molar-refractivity contribution is 5.85. The molecule has 0 amide bonds. The molecule has 3 rings (SSSR count). The van der Waals surface area contributed by atoms with Crippen molar-refractivity contribution in [2.75, 3.05) is 17.6 Å². The molecule has 0 bridgehead atoms. The van der Waals surface area contributed by atoms with Gasteiger partial charge in [0.1, 0.15) is 18.3 Å². The second-order valence-corrected chi connectivity index (χ2v) is 6.01. The van der Waals surface area contributed by atoms with Crippen molar-refractivity contribution in [2.45, 2.75) is 32.3 Å². The van der Waals surface area contributed by atoms with Gasteiger partial charge in [-0.2, -0.15) is 0 Å². The van der Waals surface area contributed by atoms with Gasteiger partial charge >= 0.3 is 0 Å². The minimum absolute atomic E-state index is 0.0506. The number of aromatic nitrogens is 2. The fourth-order valence-electron chi connectivity index (χ4n) is 2.96. The van der Waals surface area contributed by atoms with Crippen LogP contribution in [0.3, 0.4) is 0 Å². The monoisotopic (exact) mass is 352 g/mol. The number of nitrogen functional groups attached to an aromatic ring is 1. The zero-order chi connectivity index (χ0) is 18.4. The molecule has 0 radical (unpaired) electrons. The first-order valence-corrected chi connectivity index (χ1v) is 8.73. The van der Waals surface area contributed by atoms with E-state index in [4.69, 9.17) is 10.5 Å². The zero-order valence-electron chi connectivity index (χ0n) is 14.9. The predicted molar refractivity (Wildman–Crippen MR) is 108 cm³/mol. The molecule has 2 aliphatic rings. The van der Waals surface area contributed by atoms with Gasteiger partial charge in [-0.25, -0.2) is 14.7 Å². The van der Waals surface area contributed by atoms with Gasteiger partial charge < -0.3 is 15.8 Å². The lowest BCUT2D eigenvalue weighted by molar-refractivity contribution is 0.227. The smallest absolute Gasteiger partial charge is 0.176 e. The van der Waals surface area contributed by atoms with Gasteiger partial charge in [0.15, 0.2) is 12.2 Å². The average Bonchev–Trinajstić information content (AvgIpc) is 3.01. The lowest BCUT2D eigenvalue weighted by Crippen LogP contribution is -2.15. The van der Waals surface area contributed by atoms with Gasteiger partial charge in [-0.1, -0.05) is 31.7 Å². The van der Waals surface area contributed by atoms with E-state index >= 15 is 0 Å². The molecular formula is C19H24N6O. The van der Waals surface area contributed by atoms with E-state index < -0.39 is 0 Å². The van der Waals surface area contributed by atoms with Crippen LogP contribution in [0.15, 0.2) is 46.4 Å². The maximum Gasteiger partial charge on any atom is 0.176 e. The van der Waals surface area contributed by atoms with E-state index in [0.717, 1.165) is 25.1 Å². The molecule has 1 aliphatic heterocycles. The summed E-state index contributed by atoms with van der Waals surface area (Å²) in [6.07, 6.45) is 16.0. The summed E-state index contributed by atoms with van der Waals surface area (Å²) in [5.74, 6) is 1.17. The van der Waals surface area contributed by atoms with Crippen LogP contribution in [0.4, 0.5) is 11.6 Å². The number of fused-ring (bicyclic) bond motifs is 1. The maximum atomic E-state index is 5.98. The number of hydrogen-bond acceptors (Lipinski definition) is 5. The Morgan fingerprint density at radius 1 is 1.54 bits per heavy atom. The van der Waals surface area contributed by atoms with Crippen molar-refractivity contribution >= 4 is 36.3 Å². The molecule has 26 heavy (non-hydrogen) atoms. The largest absolute Gasteiger partial charge is 0.476 e. The fraction of sp³-hybridized carbons (Fsp3) is 0.316. The van der Waals surface area contributed by atoms with Crippen LogP contribution in [0.1, 0.15) is 31.7 Å². The first kappa shape index (κ1) is 17.7. The molecule has 7 heteroatoms. The van der Waals surface area contributed by atoms with Crippen molar-refractivity contribution < 1.29 is 4.74 Å². The Morgan fingerprint density at radius 2 is 2.42 bits per heavy atom. The number of ether oxygens (including phenoxy) is 1. The number of nitrogens with one attached hydrogen (secondary N) is 1. The van der Waals surface area contributed by atoms with E-state index in [0.29, 0.717) is 23.6 Å². The van der Waals surface area contributed by atoms with Gasteiger partial charge in [0.05, 0.1) is 11.3 Å². The number of aliphatic imine (C=N–C) groups is 2. The maximum absolute atomic E-state index is 5.98. The standard InChI is InChI=1S/C19H24N6O/c1-3-16(15-8-5-4-6-9-15)26-13-21-12-23-14(2)17-18(20)24-25-11-7-10-22-19(17)25/h4-5,7-8,11-13,16,22H,2-3,6,9-10H2,1H3,(H2,20,24)/b21-13+,23-12-. The highest BCUT2D eigenvalue weighted by Crippen LogP contribution is 2.30. The lowest BCUT2D eigenvalue weighted by Gasteiger charge is -2.18. The molecular weight excluding hydrogens is 328 g/mol. The molecule has 3 N–H and O–H groups in total. The summed E-state index contributed by atoms with van der Waals surface area (Å²) in [6, 6.07) is 0. The van der Waals surface area contributed by atoms with Crippen LogP contribution >= 0.6 is 0 Å². The normalized spacial score (nSPS) is 17.2.